The van der Waals surface area contributed by atoms with E-state index in [1.165, 1.54) is 12.1 Å². The molecule has 0 bridgehead atoms. The summed E-state index contributed by atoms with van der Waals surface area (Å²) >= 11 is 0. The van der Waals surface area contributed by atoms with E-state index in [0.29, 0.717) is 24.3 Å². The monoisotopic (exact) mass is 422 g/mol. The number of fused-ring (bicyclic) bond motifs is 1. The van der Waals surface area contributed by atoms with Crippen LogP contribution < -0.4 is 15.6 Å². The molecule has 0 radical (unpaired) electrons. The molecule has 0 saturated carbocycles. The maximum absolute atomic E-state index is 11.6. The van der Waals surface area contributed by atoms with E-state index in [9.17, 15) is 8.42 Å². The lowest BCUT2D eigenvalue weighted by molar-refractivity contribution is 0.287. The molecule has 5 N–H and O–H groups in total. The molecule has 0 aliphatic carbocycles. The Balaban J connectivity index is 1.45. The number of ether oxygens (including phenoxy) is 1. The van der Waals surface area contributed by atoms with Crippen LogP contribution in [-0.2, 0) is 16.4 Å². The molecule has 1 atom stereocenters. The zero-order valence-corrected chi connectivity index (χ0v) is 17.0. The van der Waals surface area contributed by atoms with Gasteiger partial charge in [0, 0.05) is 34.9 Å². The Bertz CT molecular complexity index is 1280. The molecule has 0 aliphatic heterocycles. The molecule has 8 heteroatoms. The molecule has 0 saturated heterocycles. The van der Waals surface area contributed by atoms with Crippen LogP contribution in [0.15, 0.2) is 78.1 Å². The molecule has 0 fully saturated rings. The number of hydrogen-bond acceptors (Lipinski definition) is 5. The number of primary sulfonamides is 1. The van der Waals surface area contributed by atoms with Crippen LogP contribution >= 0.6 is 0 Å². The number of benzene rings is 2. The van der Waals surface area contributed by atoms with E-state index >= 15 is 0 Å². The molecule has 0 unspecified atom stereocenters. The first kappa shape index (κ1) is 20.1. The second kappa shape index (κ2) is 8.27. The van der Waals surface area contributed by atoms with Crippen LogP contribution in [0.1, 0.15) is 5.56 Å². The second-order valence-corrected chi connectivity index (χ2v) is 8.68. The molecule has 4 rings (SSSR count). The number of nitrogens with one attached hydrogen (secondary N) is 1. The number of aromatic nitrogens is 2. The average molecular weight is 423 g/mol. The second-order valence-electron chi connectivity index (χ2n) is 7.12. The number of nitrogens with zero attached hydrogens (tertiary/aromatic N) is 1. The SMILES string of the molecule is N[C@H](COc1cncc(-c2cccc(S(N)(=O)=O)c2)c1)Cc1c[nH]c2ccccc12. The van der Waals surface area contributed by atoms with Crippen molar-refractivity contribution in [2.24, 2.45) is 10.9 Å². The molecule has 4 aromatic rings. The standard InChI is InChI=1S/C22H22N4O3S/c23-18(8-17-12-26-22-7-2-1-6-21(17)22)14-29-19-9-16(11-25-13-19)15-4-3-5-20(10-15)30(24,27)28/h1-7,9-13,18,26H,8,14,23H2,(H2,24,27,28)/t18-/m0/s1. The van der Waals surface area contributed by atoms with Crippen LogP contribution in [0.3, 0.4) is 0 Å². The fourth-order valence-electron chi connectivity index (χ4n) is 3.35. The Hall–Kier alpha value is -3.20. The van der Waals surface area contributed by atoms with Gasteiger partial charge in [-0.2, -0.15) is 0 Å². The van der Waals surface area contributed by atoms with Crippen molar-refractivity contribution in [3.8, 4) is 16.9 Å². The first-order valence-electron chi connectivity index (χ1n) is 9.42. The van der Waals surface area contributed by atoms with Crippen molar-refractivity contribution in [3.63, 3.8) is 0 Å². The summed E-state index contributed by atoms with van der Waals surface area (Å²) in [4.78, 5) is 7.49. The van der Waals surface area contributed by atoms with E-state index in [4.69, 9.17) is 15.6 Å². The van der Waals surface area contributed by atoms with Crippen LogP contribution in [0, 0.1) is 0 Å². The molecule has 2 aromatic heterocycles. The van der Waals surface area contributed by atoms with Crippen LogP contribution in [0.25, 0.3) is 22.0 Å². The van der Waals surface area contributed by atoms with Crippen molar-refractivity contribution in [2.75, 3.05) is 6.61 Å². The van der Waals surface area contributed by atoms with Crippen molar-refractivity contribution in [2.45, 2.75) is 17.4 Å². The topological polar surface area (TPSA) is 124 Å². The van der Waals surface area contributed by atoms with Crippen molar-refractivity contribution >= 4 is 20.9 Å². The molecular formula is C22H22N4O3S. The highest BCUT2D eigenvalue weighted by molar-refractivity contribution is 7.89. The zero-order chi connectivity index (χ0) is 21.1. The van der Waals surface area contributed by atoms with Gasteiger partial charge < -0.3 is 15.5 Å². The number of H-pyrrole nitrogens is 1. The maximum atomic E-state index is 11.6. The largest absolute Gasteiger partial charge is 0.490 e. The van der Waals surface area contributed by atoms with Gasteiger partial charge in [-0.15, -0.1) is 0 Å². The van der Waals surface area contributed by atoms with Crippen molar-refractivity contribution in [1.29, 1.82) is 0 Å². The van der Waals surface area contributed by atoms with Gasteiger partial charge in [-0.1, -0.05) is 30.3 Å². The molecule has 30 heavy (non-hydrogen) atoms. The molecule has 0 amide bonds. The molecular weight excluding hydrogens is 400 g/mol. The Morgan fingerprint density at radius 2 is 1.87 bits per heavy atom. The quantitative estimate of drug-likeness (QED) is 0.422. The minimum absolute atomic E-state index is 0.0482. The summed E-state index contributed by atoms with van der Waals surface area (Å²) in [5.74, 6) is 0.558. The van der Waals surface area contributed by atoms with Crippen LogP contribution in [0.5, 0.6) is 5.75 Å². The summed E-state index contributed by atoms with van der Waals surface area (Å²) in [7, 11) is -3.78. The van der Waals surface area contributed by atoms with Gasteiger partial charge in [0.15, 0.2) is 0 Å². The minimum atomic E-state index is -3.78. The van der Waals surface area contributed by atoms with Crippen LogP contribution in [0.4, 0.5) is 0 Å². The van der Waals surface area contributed by atoms with Gasteiger partial charge in [-0.25, -0.2) is 13.6 Å². The Morgan fingerprint density at radius 1 is 1.03 bits per heavy atom. The van der Waals surface area contributed by atoms with E-state index in [1.807, 2.05) is 24.4 Å². The molecule has 2 heterocycles. The third kappa shape index (κ3) is 4.51. The number of sulfonamides is 1. The fourth-order valence-corrected chi connectivity index (χ4v) is 3.91. The number of rotatable bonds is 7. The number of para-hydroxylation sites is 1. The van der Waals surface area contributed by atoms with Gasteiger partial charge in [-0.3, -0.25) is 4.98 Å². The third-order valence-electron chi connectivity index (χ3n) is 4.83. The van der Waals surface area contributed by atoms with E-state index in [-0.39, 0.29) is 10.9 Å². The van der Waals surface area contributed by atoms with Gasteiger partial charge in [0.25, 0.3) is 0 Å². The van der Waals surface area contributed by atoms with E-state index in [0.717, 1.165) is 22.0 Å². The summed E-state index contributed by atoms with van der Waals surface area (Å²) in [6.45, 7) is 0.321. The number of nitrogens with two attached hydrogens (primary N) is 2. The Morgan fingerprint density at radius 3 is 2.70 bits per heavy atom. The van der Waals surface area contributed by atoms with E-state index in [2.05, 4.69) is 16.0 Å². The molecule has 0 spiro atoms. The van der Waals surface area contributed by atoms with Crippen LogP contribution in [0.2, 0.25) is 0 Å². The lowest BCUT2D eigenvalue weighted by Crippen LogP contribution is -2.30. The summed E-state index contributed by atoms with van der Waals surface area (Å²) in [5, 5.41) is 6.38. The van der Waals surface area contributed by atoms with Crippen molar-refractivity contribution in [1.82, 2.24) is 9.97 Å². The Kier molecular flexibility index (Phi) is 5.54. The van der Waals surface area contributed by atoms with Gasteiger partial charge in [0.2, 0.25) is 10.0 Å². The minimum Gasteiger partial charge on any atom is -0.490 e. The highest BCUT2D eigenvalue weighted by Gasteiger charge is 2.12. The first-order valence-corrected chi connectivity index (χ1v) is 11.0. The normalized spacial score (nSPS) is 12.7. The average Bonchev–Trinajstić information content (AvgIpc) is 3.15. The van der Waals surface area contributed by atoms with E-state index in [1.54, 1.807) is 30.6 Å². The number of hydrogen-bond donors (Lipinski definition) is 3. The summed E-state index contributed by atoms with van der Waals surface area (Å²) in [6.07, 6.45) is 5.89. The van der Waals surface area contributed by atoms with Gasteiger partial charge in [-0.05, 0) is 41.8 Å². The van der Waals surface area contributed by atoms with Gasteiger partial charge in [0.05, 0.1) is 11.1 Å². The summed E-state index contributed by atoms with van der Waals surface area (Å²) in [5.41, 5.74) is 9.92. The van der Waals surface area contributed by atoms with Gasteiger partial charge >= 0.3 is 0 Å². The first-order chi connectivity index (χ1) is 14.4. The smallest absolute Gasteiger partial charge is 0.238 e. The number of pyridine rings is 1. The molecule has 154 valence electrons. The zero-order valence-electron chi connectivity index (χ0n) is 16.2. The van der Waals surface area contributed by atoms with E-state index < -0.39 is 10.0 Å². The fraction of sp³-hybridized carbons (Fsp3) is 0.136. The predicted molar refractivity (Wildman–Crippen MR) is 117 cm³/mol. The maximum Gasteiger partial charge on any atom is 0.238 e. The lowest BCUT2D eigenvalue weighted by Gasteiger charge is -2.13. The van der Waals surface area contributed by atoms with Gasteiger partial charge in [0.1, 0.15) is 12.4 Å². The number of aromatic amines is 1. The Labute approximate surface area is 174 Å². The van der Waals surface area contributed by atoms with Crippen molar-refractivity contribution < 1.29 is 13.2 Å². The summed E-state index contributed by atoms with van der Waals surface area (Å²) < 4.78 is 29.0. The van der Waals surface area contributed by atoms with Crippen LogP contribution in [-0.4, -0.2) is 31.0 Å². The highest BCUT2D eigenvalue weighted by Crippen LogP contribution is 2.25. The molecule has 2 aromatic carbocycles. The predicted octanol–water partition coefficient (Wildman–Crippen LogP) is 2.83. The lowest BCUT2D eigenvalue weighted by atomic mass is 10.1. The van der Waals surface area contributed by atoms with Crippen molar-refractivity contribution in [3.05, 3.63) is 78.8 Å². The third-order valence-corrected chi connectivity index (χ3v) is 5.74. The molecule has 0 aliphatic rings. The summed E-state index contributed by atoms with van der Waals surface area (Å²) in [6, 6.07) is 16.1. The highest BCUT2D eigenvalue weighted by atomic mass is 32.2. The molecule has 7 nitrogen and oxygen atoms in total.